The van der Waals surface area contributed by atoms with Crippen molar-refractivity contribution in [3.63, 3.8) is 0 Å². The van der Waals surface area contributed by atoms with Crippen molar-refractivity contribution in [3.05, 3.63) is 59.4 Å². The summed E-state index contributed by atoms with van der Waals surface area (Å²) in [6.07, 6.45) is 2.41. The van der Waals surface area contributed by atoms with Crippen LogP contribution in [0.2, 0.25) is 0 Å². The molecule has 1 aromatic rings. The van der Waals surface area contributed by atoms with Crippen molar-refractivity contribution in [1.82, 2.24) is 0 Å². The van der Waals surface area contributed by atoms with Gasteiger partial charge in [0.25, 0.3) is 0 Å². The Bertz CT molecular complexity index is 502. The molecule has 1 unspecified atom stereocenters. The lowest BCUT2D eigenvalue weighted by atomic mass is 10.00. The molecule has 1 aromatic carbocycles. The van der Waals surface area contributed by atoms with Gasteiger partial charge in [-0.15, -0.1) is 0 Å². The van der Waals surface area contributed by atoms with Gasteiger partial charge < -0.3 is 14.9 Å². The molecule has 0 aromatic heterocycles. The minimum atomic E-state index is -0.719. The van der Waals surface area contributed by atoms with Crippen LogP contribution in [0, 0.1) is 0 Å². The molecule has 100 valence electrons. The predicted molar refractivity (Wildman–Crippen MR) is 70.5 cm³/mol. The second-order valence-corrected chi connectivity index (χ2v) is 4.37. The Morgan fingerprint density at radius 1 is 1.32 bits per heavy atom. The topological polar surface area (TPSA) is 66.8 Å². The van der Waals surface area contributed by atoms with Gasteiger partial charge in [0.05, 0.1) is 18.3 Å². The van der Waals surface area contributed by atoms with Crippen LogP contribution in [0.25, 0.3) is 0 Å². The summed E-state index contributed by atoms with van der Waals surface area (Å²) < 4.78 is 5.31. The molecule has 0 radical (unpaired) electrons. The number of ether oxygens (including phenoxy) is 1. The van der Waals surface area contributed by atoms with E-state index in [1.165, 1.54) is 12.2 Å². The number of hydrogen-bond donors (Lipinski definition) is 2. The number of carbonyl (C=O) groups excluding carboxylic acids is 1. The van der Waals surface area contributed by atoms with Gasteiger partial charge in [0.2, 0.25) is 0 Å². The molecular formula is C15H16O4. The van der Waals surface area contributed by atoms with E-state index in [0.717, 1.165) is 5.56 Å². The zero-order chi connectivity index (χ0) is 13.7. The normalized spacial score (nSPS) is 18.7. The monoisotopic (exact) mass is 260 g/mol. The molecule has 0 saturated heterocycles. The van der Waals surface area contributed by atoms with Crippen molar-refractivity contribution >= 4 is 5.78 Å². The number of ketones is 1. The summed E-state index contributed by atoms with van der Waals surface area (Å²) in [6, 6.07) is 9.52. The summed E-state index contributed by atoms with van der Waals surface area (Å²) >= 11 is 0. The van der Waals surface area contributed by atoms with E-state index in [1.54, 1.807) is 0 Å². The van der Waals surface area contributed by atoms with Gasteiger partial charge in [-0.2, -0.15) is 0 Å². The second-order valence-electron chi connectivity index (χ2n) is 4.37. The van der Waals surface area contributed by atoms with Crippen LogP contribution >= 0.6 is 0 Å². The quantitative estimate of drug-likeness (QED) is 0.848. The van der Waals surface area contributed by atoms with Crippen LogP contribution < -0.4 is 0 Å². The summed E-state index contributed by atoms with van der Waals surface area (Å²) in [5, 5.41) is 19.0. The van der Waals surface area contributed by atoms with Gasteiger partial charge in [-0.3, -0.25) is 4.79 Å². The van der Waals surface area contributed by atoms with Gasteiger partial charge in [0.1, 0.15) is 12.4 Å². The fraction of sp³-hybridized carbons (Fsp3) is 0.267. The van der Waals surface area contributed by atoms with Gasteiger partial charge in [-0.25, -0.2) is 0 Å². The molecule has 4 nitrogen and oxygen atoms in total. The van der Waals surface area contributed by atoms with Crippen molar-refractivity contribution in [3.8, 4) is 0 Å². The van der Waals surface area contributed by atoms with Gasteiger partial charge in [-0.05, 0) is 24.1 Å². The molecule has 2 rings (SSSR count). The number of Topliss-reactive ketones (excluding diaryl/α,β-unsaturated/α-hetero) is 1. The van der Waals surface area contributed by atoms with Crippen LogP contribution in [0.4, 0.5) is 0 Å². The highest BCUT2D eigenvalue weighted by Gasteiger charge is 2.19. The summed E-state index contributed by atoms with van der Waals surface area (Å²) in [5.41, 5.74) is 1.11. The minimum Gasteiger partial charge on any atom is -0.508 e. The molecule has 0 heterocycles. The third kappa shape index (κ3) is 3.77. The number of benzene rings is 1. The summed E-state index contributed by atoms with van der Waals surface area (Å²) in [5.74, 6) is -0.415. The first-order valence-corrected chi connectivity index (χ1v) is 6.11. The second kappa shape index (κ2) is 6.31. The average Bonchev–Trinajstić information content (AvgIpc) is 2.42. The number of allylic oxidation sites excluding steroid dienone is 1. The molecule has 0 amide bonds. The maximum Gasteiger partial charge on any atom is 0.191 e. The first kappa shape index (κ1) is 13.5. The molecule has 4 heteroatoms. The maximum atomic E-state index is 11.8. The van der Waals surface area contributed by atoms with Crippen LogP contribution in [-0.2, 0) is 16.1 Å². The first-order chi connectivity index (χ1) is 9.16. The Morgan fingerprint density at radius 2 is 2.05 bits per heavy atom. The zero-order valence-corrected chi connectivity index (χ0v) is 10.5. The van der Waals surface area contributed by atoms with E-state index in [-0.39, 0.29) is 23.7 Å². The molecule has 19 heavy (non-hydrogen) atoms. The van der Waals surface area contributed by atoms with Crippen LogP contribution in [0.3, 0.4) is 0 Å². The summed E-state index contributed by atoms with van der Waals surface area (Å²) in [7, 11) is 0. The lowest BCUT2D eigenvalue weighted by Crippen LogP contribution is -2.18. The Labute approximate surface area is 111 Å². The molecule has 0 aliphatic heterocycles. The Kier molecular flexibility index (Phi) is 4.49. The molecule has 1 atom stereocenters. The number of hydrogen-bond acceptors (Lipinski definition) is 4. The Balaban J connectivity index is 1.86. The Hall–Kier alpha value is -1.91. The van der Waals surface area contributed by atoms with E-state index in [4.69, 9.17) is 4.74 Å². The molecule has 1 aliphatic carbocycles. The number of aliphatic hydroxyl groups excluding tert-OH is 2. The first-order valence-electron chi connectivity index (χ1n) is 6.11. The molecule has 0 saturated carbocycles. The van der Waals surface area contributed by atoms with Gasteiger partial charge in [-0.1, -0.05) is 30.3 Å². The number of carbonyl (C=O) groups is 1. The lowest BCUT2D eigenvalue weighted by Gasteiger charge is -2.14. The largest absolute Gasteiger partial charge is 0.508 e. The zero-order valence-electron chi connectivity index (χ0n) is 10.5. The van der Waals surface area contributed by atoms with Crippen LogP contribution in [0.15, 0.2) is 53.8 Å². The van der Waals surface area contributed by atoms with Crippen molar-refractivity contribution in [2.45, 2.75) is 19.1 Å². The van der Waals surface area contributed by atoms with Crippen molar-refractivity contribution in [2.24, 2.45) is 0 Å². The van der Waals surface area contributed by atoms with E-state index < -0.39 is 6.10 Å². The van der Waals surface area contributed by atoms with Crippen LogP contribution in [0.5, 0.6) is 0 Å². The average molecular weight is 260 g/mol. The summed E-state index contributed by atoms with van der Waals surface area (Å²) in [4.78, 5) is 11.8. The van der Waals surface area contributed by atoms with Crippen LogP contribution in [-0.4, -0.2) is 28.7 Å². The predicted octanol–water partition coefficient (Wildman–Crippen LogP) is 1.91. The molecule has 2 N–H and O–H groups in total. The fourth-order valence-electron chi connectivity index (χ4n) is 1.84. The maximum absolute atomic E-state index is 11.8. The van der Waals surface area contributed by atoms with Gasteiger partial charge in [0, 0.05) is 0 Å². The molecule has 0 spiro atoms. The molecule has 1 aliphatic rings. The van der Waals surface area contributed by atoms with Crippen LogP contribution in [0.1, 0.15) is 12.0 Å². The van der Waals surface area contributed by atoms with Crippen molar-refractivity contribution in [2.75, 3.05) is 6.61 Å². The van der Waals surface area contributed by atoms with Crippen molar-refractivity contribution < 1.29 is 19.7 Å². The molecule has 0 fully saturated rings. The minimum absolute atomic E-state index is 0.0846. The van der Waals surface area contributed by atoms with Gasteiger partial charge >= 0.3 is 0 Å². The standard InChI is InChI=1S/C15H16O4/c16-12-6-7-14(17)13(8-12)15(18)10-19-9-11-4-2-1-3-5-11/h1-5,7-8,12,16-17H,6,9-10H2. The molecule has 0 bridgehead atoms. The Morgan fingerprint density at radius 3 is 2.79 bits per heavy atom. The lowest BCUT2D eigenvalue weighted by molar-refractivity contribution is -0.120. The van der Waals surface area contributed by atoms with Crippen molar-refractivity contribution in [1.29, 1.82) is 0 Å². The highest BCUT2D eigenvalue weighted by Crippen LogP contribution is 2.18. The van der Waals surface area contributed by atoms with Gasteiger partial charge in [0.15, 0.2) is 5.78 Å². The number of rotatable bonds is 5. The van der Waals surface area contributed by atoms with E-state index in [1.807, 2.05) is 30.3 Å². The smallest absolute Gasteiger partial charge is 0.191 e. The molecular weight excluding hydrogens is 244 g/mol. The van der Waals surface area contributed by atoms with E-state index in [2.05, 4.69) is 0 Å². The number of aliphatic hydroxyl groups is 2. The highest BCUT2D eigenvalue weighted by atomic mass is 16.5. The SMILES string of the molecule is O=C(COCc1ccccc1)C1=CC(O)CC=C1O. The highest BCUT2D eigenvalue weighted by molar-refractivity contribution is 6.00. The van der Waals surface area contributed by atoms with E-state index in [9.17, 15) is 15.0 Å². The third-order valence-corrected chi connectivity index (χ3v) is 2.83. The third-order valence-electron chi connectivity index (χ3n) is 2.83. The fourth-order valence-corrected chi connectivity index (χ4v) is 1.84. The van der Waals surface area contributed by atoms with E-state index in [0.29, 0.717) is 13.0 Å². The summed E-state index contributed by atoms with van der Waals surface area (Å²) in [6.45, 7) is 0.220. The van der Waals surface area contributed by atoms with E-state index >= 15 is 0 Å².